The van der Waals surface area contributed by atoms with E-state index in [1.807, 2.05) is 0 Å². The molecule has 4 N–H and O–H groups in total. The van der Waals surface area contributed by atoms with E-state index in [4.69, 9.17) is 5.84 Å². The summed E-state index contributed by atoms with van der Waals surface area (Å²) in [6, 6.07) is 3.57. The van der Waals surface area contributed by atoms with Crippen LogP contribution in [0.5, 0.6) is 0 Å². The van der Waals surface area contributed by atoms with Crippen molar-refractivity contribution < 1.29 is 4.79 Å². The van der Waals surface area contributed by atoms with Crippen molar-refractivity contribution >= 4 is 11.7 Å². The zero-order valence-corrected chi connectivity index (χ0v) is 11.4. The number of nitrogens with two attached hydrogens (primary N) is 1. The number of amides is 1. The molecule has 0 aromatic carbocycles. The highest BCUT2D eigenvalue weighted by atomic mass is 16.1. The van der Waals surface area contributed by atoms with Crippen LogP contribution in [0.1, 0.15) is 49.4 Å². The largest absolute Gasteiger partial charge is 0.349 e. The number of nitrogen functional groups attached to an aromatic ring is 1. The molecule has 1 fully saturated rings. The lowest BCUT2D eigenvalue weighted by Crippen LogP contribution is -2.38. The molecule has 2 rings (SSSR count). The van der Waals surface area contributed by atoms with E-state index in [9.17, 15) is 4.79 Å². The number of rotatable bonds is 4. The first kappa shape index (κ1) is 13.8. The lowest BCUT2D eigenvalue weighted by atomic mass is 9.84. The highest BCUT2D eigenvalue weighted by Crippen LogP contribution is 2.26. The van der Waals surface area contributed by atoms with Crippen LogP contribution in [0.25, 0.3) is 0 Å². The Kier molecular flexibility index (Phi) is 4.74. The number of carbonyl (C=O) groups excluding carboxylic acids is 1. The van der Waals surface area contributed by atoms with Gasteiger partial charge in [-0.2, -0.15) is 0 Å². The van der Waals surface area contributed by atoms with Crippen LogP contribution in [0, 0.1) is 5.92 Å². The molecule has 1 atom stereocenters. The van der Waals surface area contributed by atoms with Crippen LogP contribution in [-0.2, 0) is 0 Å². The predicted octanol–water partition coefficient (Wildman–Crippen LogP) is 2.07. The van der Waals surface area contributed by atoms with Crippen LogP contribution in [0.2, 0.25) is 0 Å². The minimum atomic E-state index is -0.0584. The smallest absolute Gasteiger partial charge is 0.251 e. The van der Waals surface area contributed by atoms with Crippen LogP contribution in [-0.4, -0.2) is 16.9 Å². The van der Waals surface area contributed by atoms with Crippen LogP contribution < -0.4 is 16.6 Å². The maximum atomic E-state index is 12.2. The van der Waals surface area contributed by atoms with Gasteiger partial charge >= 0.3 is 0 Å². The Morgan fingerprint density at radius 3 is 2.84 bits per heavy atom. The minimum absolute atomic E-state index is 0.0584. The summed E-state index contributed by atoms with van der Waals surface area (Å²) in [6.45, 7) is 2.09. The van der Waals surface area contributed by atoms with Gasteiger partial charge < -0.3 is 10.7 Å². The van der Waals surface area contributed by atoms with Gasteiger partial charge in [-0.05, 0) is 37.8 Å². The molecule has 1 aliphatic carbocycles. The van der Waals surface area contributed by atoms with Crippen molar-refractivity contribution in [3.63, 3.8) is 0 Å². The van der Waals surface area contributed by atoms with Gasteiger partial charge in [0.05, 0.1) is 0 Å². The molecule has 1 aromatic heterocycles. The minimum Gasteiger partial charge on any atom is -0.349 e. The van der Waals surface area contributed by atoms with E-state index in [0.717, 1.165) is 0 Å². The summed E-state index contributed by atoms with van der Waals surface area (Å²) in [5.41, 5.74) is 3.04. The number of hydrogen-bond donors (Lipinski definition) is 3. The molecule has 5 nitrogen and oxygen atoms in total. The molecule has 5 heteroatoms. The van der Waals surface area contributed by atoms with Gasteiger partial charge in [-0.25, -0.2) is 10.8 Å². The lowest BCUT2D eigenvalue weighted by Gasteiger charge is -2.28. The predicted molar refractivity (Wildman–Crippen MR) is 75.6 cm³/mol. The molecule has 0 saturated heterocycles. The fourth-order valence-corrected chi connectivity index (χ4v) is 2.69. The van der Waals surface area contributed by atoms with Gasteiger partial charge in [0, 0.05) is 17.8 Å². The first-order chi connectivity index (χ1) is 9.20. The third kappa shape index (κ3) is 3.67. The molecule has 1 saturated carbocycles. The normalized spacial score (nSPS) is 17.8. The van der Waals surface area contributed by atoms with E-state index in [2.05, 4.69) is 22.7 Å². The van der Waals surface area contributed by atoms with Gasteiger partial charge in [0.25, 0.3) is 5.91 Å². The van der Waals surface area contributed by atoms with Crippen molar-refractivity contribution in [3.05, 3.63) is 23.9 Å². The summed E-state index contributed by atoms with van der Waals surface area (Å²) in [5, 5.41) is 3.08. The molecular weight excluding hydrogens is 240 g/mol. The van der Waals surface area contributed by atoms with Crippen molar-refractivity contribution in [1.29, 1.82) is 0 Å². The summed E-state index contributed by atoms with van der Waals surface area (Å²) in [7, 11) is 0. The number of hydrazine groups is 1. The van der Waals surface area contributed by atoms with Crippen LogP contribution in [0.15, 0.2) is 18.3 Å². The maximum Gasteiger partial charge on any atom is 0.251 e. The van der Waals surface area contributed by atoms with Gasteiger partial charge in [0.1, 0.15) is 5.82 Å². The third-order valence-electron chi connectivity index (χ3n) is 3.89. The average molecular weight is 262 g/mol. The molecule has 0 radical (unpaired) electrons. The van der Waals surface area contributed by atoms with Crippen molar-refractivity contribution in [2.75, 3.05) is 5.43 Å². The van der Waals surface area contributed by atoms with Gasteiger partial charge in [-0.1, -0.05) is 19.3 Å². The maximum absolute atomic E-state index is 12.2. The molecule has 19 heavy (non-hydrogen) atoms. The van der Waals surface area contributed by atoms with Crippen LogP contribution in [0.3, 0.4) is 0 Å². The topological polar surface area (TPSA) is 80.0 Å². The number of hydrogen-bond acceptors (Lipinski definition) is 4. The highest BCUT2D eigenvalue weighted by molar-refractivity contribution is 5.94. The van der Waals surface area contributed by atoms with Gasteiger partial charge in [0.15, 0.2) is 0 Å². The van der Waals surface area contributed by atoms with E-state index in [-0.39, 0.29) is 11.9 Å². The Morgan fingerprint density at radius 2 is 2.16 bits per heavy atom. The molecule has 1 heterocycles. The van der Waals surface area contributed by atoms with E-state index in [1.54, 1.807) is 18.3 Å². The zero-order valence-electron chi connectivity index (χ0n) is 11.4. The third-order valence-corrected chi connectivity index (χ3v) is 3.89. The lowest BCUT2D eigenvalue weighted by molar-refractivity contribution is 0.0919. The molecule has 1 aromatic rings. The highest BCUT2D eigenvalue weighted by Gasteiger charge is 2.21. The van der Waals surface area contributed by atoms with Gasteiger partial charge in [0.2, 0.25) is 0 Å². The Bertz CT molecular complexity index is 429. The van der Waals surface area contributed by atoms with E-state index < -0.39 is 0 Å². The fourth-order valence-electron chi connectivity index (χ4n) is 2.69. The number of anilines is 1. The summed E-state index contributed by atoms with van der Waals surface area (Å²) in [6.07, 6.45) is 7.89. The number of nitrogens with one attached hydrogen (secondary N) is 2. The number of nitrogens with zero attached hydrogens (tertiary/aromatic N) is 1. The Hall–Kier alpha value is -1.62. The fraction of sp³-hybridized carbons (Fsp3) is 0.571. The number of pyridine rings is 1. The van der Waals surface area contributed by atoms with Crippen LogP contribution >= 0.6 is 0 Å². The first-order valence-corrected chi connectivity index (χ1v) is 6.94. The number of aromatic nitrogens is 1. The van der Waals surface area contributed by atoms with E-state index in [1.165, 1.54) is 32.1 Å². The Morgan fingerprint density at radius 1 is 1.42 bits per heavy atom. The standard InChI is InChI=1S/C14H22N4O/c1-10(11-5-3-2-4-6-11)17-14(19)12-7-8-16-13(9-12)18-15/h7-11H,2-6,15H2,1H3,(H,16,18)(H,17,19). The molecule has 0 bridgehead atoms. The SMILES string of the molecule is CC(NC(=O)c1ccnc(NN)c1)C1CCCCC1. The second-order valence-corrected chi connectivity index (χ2v) is 5.23. The van der Waals surface area contributed by atoms with Crippen molar-refractivity contribution in [1.82, 2.24) is 10.3 Å². The Balaban J connectivity index is 1.95. The first-order valence-electron chi connectivity index (χ1n) is 6.94. The van der Waals surface area contributed by atoms with Crippen molar-refractivity contribution in [3.8, 4) is 0 Å². The molecule has 1 aliphatic rings. The van der Waals surface area contributed by atoms with E-state index in [0.29, 0.717) is 17.3 Å². The second kappa shape index (κ2) is 6.52. The van der Waals surface area contributed by atoms with Gasteiger partial charge in [-0.15, -0.1) is 0 Å². The molecule has 0 spiro atoms. The summed E-state index contributed by atoms with van der Waals surface area (Å²) in [5.74, 6) is 6.34. The zero-order chi connectivity index (χ0) is 13.7. The molecule has 1 amide bonds. The van der Waals surface area contributed by atoms with E-state index >= 15 is 0 Å². The monoisotopic (exact) mass is 262 g/mol. The summed E-state index contributed by atoms with van der Waals surface area (Å²) in [4.78, 5) is 16.2. The van der Waals surface area contributed by atoms with Crippen LogP contribution in [0.4, 0.5) is 5.82 Å². The molecular formula is C14H22N4O. The summed E-state index contributed by atoms with van der Waals surface area (Å²) >= 11 is 0. The Labute approximate surface area is 114 Å². The van der Waals surface area contributed by atoms with Crippen molar-refractivity contribution in [2.45, 2.75) is 45.1 Å². The quantitative estimate of drug-likeness (QED) is 0.573. The second-order valence-electron chi connectivity index (χ2n) is 5.23. The molecule has 0 aliphatic heterocycles. The van der Waals surface area contributed by atoms with Gasteiger partial charge in [-0.3, -0.25) is 4.79 Å². The van der Waals surface area contributed by atoms with Crippen molar-refractivity contribution in [2.24, 2.45) is 11.8 Å². The number of carbonyl (C=O) groups is 1. The molecule has 104 valence electrons. The summed E-state index contributed by atoms with van der Waals surface area (Å²) < 4.78 is 0. The molecule has 1 unspecified atom stereocenters. The average Bonchev–Trinajstić information content (AvgIpc) is 2.48.